The lowest BCUT2D eigenvalue weighted by Gasteiger charge is -2.43. The standard InChI is InChI=1S/C60H109NO2/c1-6-9-12-15-18-21-24-27-30-33-36-39-42-45-48-51-54-59-57(52-49-46-43-40-37-34-31-28-25-22-19-16-13-10-7-2)58(62-60(63-59)55-56-61(4)5)53-50-47-44-41-38-35-32-29-26-23-20-17-14-11-8-3/h18-23,27-32,57-60H,6-17,24-26,33-56H2,1-5H3/b21-18-,22-19-,23-20+,30-27-,31-28-,32-29+. The molecule has 4 unspecified atom stereocenters. The predicted molar refractivity (Wildman–Crippen MR) is 283 cm³/mol. The van der Waals surface area contributed by atoms with Gasteiger partial charge in [-0.15, -0.1) is 0 Å². The largest absolute Gasteiger partial charge is 0.349 e. The van der Waals surface area contributed by atoms with E-state index in [1.807, 2.05) is 0 Å². The first-order valence-corrected chi connectivity index (χ1v) is 28.0. The highest BCUT2D eigenvalue weighted by Gasteiger charge is 2.38. The minimum atomic E-state index is -0.0502. The Labute approximate surface area is 395 Å². The zero-order valence-electron chi connectivity index (χ0n) is 43.1. The summed E-state index contributed by atoms with van der Waals surface area (Å²) in [5.74, 6) is 0.544. The number of unbranched alkanes of at least 4 members (excludes halogenated alkanes) is 25. The lowest BCUT2D eigenvalue weighted by atomic mass is 9.83. The Balaban J connectivity index is 2.59. The molecule has 0 aromatic carbocycles. The van der Waals surface area contributed by atoms with Crippen LogP contribution in [0.3, 0.4) is 0 Å². The third-order valence-electron chi connectivity index (χ3n) is 13.0. The van der Waals surface area contributed by atoms with Crippen LogP contribution in [0.25, 0.3) is 0 Å². The fraction of sp³-hybridized carbons (Fsp3) is 0.800. The summed E-state index contributed by atoms with van der Waals surface area (Å²) in [4.78, 5) is 2.29. The van der Waals surface area contributed by atoms with Gasteiger partial charge in [-0.3, -0.25) is 0 Å². The quantitative estimate of drug-likeness (QED) is 0.0449. The minimum Gasteiger partial charge on any atom is -0.349 e. The van der Waals surface area contributed by atoms with E-state index in [0.717, 1.165) is 32.2 Å². The van der Waals surface area contributed by atoms with Gasteiger partial charge in [0.05, 0.1) is 12.2 Å². The molecule has 1 heterocycles. The molecule has 0 radical (unpaired) electrons. The highest BCUT2D eigenvalue weighted by atomic mass is 16.7. The third kappa shape index (κ3) is 40.3. The van der Waals surface area contributed by atoms with Gasteiger partial charge in [-0.25, -0.2) is 0 Å². The van der Waals surface area contributed by atoms with E-state index in [-0.39, 0.29) is 6.29 Å². The molecule has 0 amide bonds. The molecule has 1 aliphatic rings. The Bertz CT molecular complexity index is 1100. The molecule has 3 heteroatoms. The van der Waals surface area contributed by atoms with Crippen molar-refractivity contribution in [3.8, 4) is 0 Å². The fourth-order valence-corrected chi connectivity index (χ4v) is 8.98. The van der Waals surface area contributed by atoms with Crippen LogP contribution in [0.1, 0.15) is 265 Å². The van der Waals surface area contributed by atoms with E-state index in [4.69, 9.17) is 9.47 Å². The van der Waals surface area contributed by atoms with Gasteiger partial charge in [0.15, 0.2) is 6.29 Å². The molecule has 1 fully saturated rings. The first-order chi connectivity index (χ1) is 31.1. The number of rotatable bonds is 46. The van der Waals surface area contributed by atoms with E-state index < -0.39 is 0 Å². The Morgan fingerprint density at radius 2 is 0.603 bits per heavy atom. The van der Waals surface area contributed by atoms with Crippen LogP contribution < -0.4 is 0 Å². The van der Waals surface area contributed by atoms with Crippen LogP contribution in [0, 0.1) is 5.92 Å². The lowest BCUT2D eigenvalue weighted by molar-refractivity contribution is -0.274. The van der Waals surface area contributed by atoms with E-state index in [9.17, 15) is 0 Å². The van der Waals surface area contributed by atoms with Crippen LogP contribution in [0.4, 0.5) is 0 Å². The second kappa shape index (κ2) is 48.3. The van der Waals surface area contributed by atoms with Gasteiger partial charge in [0.2, 0.25) is 0 Å². The Kier molecular flexibility index (Phi) is 45.5. The van der Waals surface area contributed by atoms with Crippen LogP contribution in [0.5, 0.6) is 0 Å². The third-order valence-corrected chi connectivity index (χ3v) is 13.0. The van der Waals surface area contributed by atoms with E-state index in [1.165, 1.54) is 218 Å². The maximum absolute atomic E-state index is 6.92. The molecular weight excluding hydrogens is 767 g/mol. The first kappa shape index (κ1) is 59.3. The summed E-state index contributed by atoms with van der Waals surface area (Å²) in [6, 6.07) is 0. The van der Waals surface area contributed by atoms with Crippen molar-refractivity contribution >= 4 is 0 Å². The minimum absolute atomic E-state index is 0.0502. The van der Waals surface area contributed by atoms with E-state index in [1.54, 1.807) is 0 Å². The SMILES string of the molecule is CCCCC/C=C\C/C=C\CCCCCCCCC1OC(CCN(C)C)OC(CCCCCCC/C=C/C/C=C/CCCCC)C1CCCCCCC/C=C\C/C=C\CCCCC. The zero-order valence-corrected chi connectivity index (χ0v) is 43.1. The molecular formula is C60H109NO2. The second-order valence-electron chi connectivity index (χ2n) is 19.4. The van der Waals surface area contributed by atoms with Gasteiger partial charge in [-0.05, 0) is 130 Å². The molecule has 4 atom stereocenters. The molecule has 0 N–H and O–H groups in total. The summed E-state index contributed by atoms with van der Waals surface area (Å²) in [6.45, 7) is 7.86. The molecule has 1 rings (SSSR count). The number of ether oxygens (including phenoxy) is 2. The van der Waals surface area contributed by atoms with Gasteiger partial charge in [0.25, 0.3) is 0 Å². The molecule has 0 aliphatic carbocycles. The van der Waals surface area contributed by atoms with Gasteiger partial charge in [0.1, 0.15) is 0 Å². The van der Waals surface area contributed by atoms with Crippen LogP contribution in [-0.2, 0) is 9.47 Å². The van der Waals surface area contributed by atoms with E-state index in [0.29, 0.717) is 18.1 Å². The molecule has 63 heavy (non-hydrogen) atoms. The fourth-order valence-electron chi connectivity index (χ4n) is 8.98. The lowest BCUT2D eigenvalue weighted by Crippen LogP contribution is -2.47. The maximum Gasteiger partial charge on any atom is 0.159 e. The van der Waals surface area contributed by atoms with Gasteiger partial charge in [-0.1, -0.05) is 216 Å². The van der Waals surface area contributed by atoms with Gasteiger partial charge in [-0.2, -0.15) is 0 Å². The summed E-state index contributed by atoms with van der Waals surface area (Å²) < 4.78 is 13.8. The number of allylic oxidation sites excluding steroid dienone is 12. The Morgan fingerprint density at radius 3 is 0.921 bits per heavy atom. The maximum atomic E-state index is 6.92. The number of hydrogen-bond acceptors (Lipinski definition) is 3. The molecule has 0 bridgehead atoms. The number of nitrogens with zero attached hydrogens (tertiary/aromatic N) is 1. The number of hydrogen-bond donors (Lipinski definition) is 0. The van der Waals surface area contributed by atoms with Crippen LogP contribution in [0.2, 0.25) is 0 Å². The van der Waals surface area contributed by atoms with Crippen molar-refractivity contribution in [2.75, 3.05) is 20.6 Å². The highest BCUT2D eigenvalue weighted by Crippen LogP contribution is 2.36. The summed E-state index contributed by atoms with van der Waals surface area (Å²) >= 11 is 0. The Morgan fingerprint density at radius 1 is 0.317 bits per heavy atom. The molecule has 1 aliphatic heterocycles. The Hall–Kier alpha value is -1.68. The van der Waals surface area contributed by atoms with Crippen LogP contribution in [-0.4, -0.2) is 44.0 Å². The van der Waals surface area contributed by atoms with Gasteiger partial charge >= 0.3 is 0 Å². The van der Waals surface area contributed by atoms with Crippen LogP contribution in [0.15, 0.2) is 72.9 Å². The van der Waals surface area contributed by atoms with Crippen molar-refractivity contribution in [2.24, 2.45) is 5.92 Å². The van der Waals surface area contributed by atoms with Crippen molar-refractivity contribution in [2.45, 2.75) is 283 Å². The molecule has 3 nitrogen and oxygen atoms in total. The van der Waals surface area contributed by atoms with Crippen molar-refractivity contribution in [1.82, 2.24) is 4.90 Å². The smallest absolute Gasteiger partial charge is 0.159 e. The first-order valence-electron chi connectivity index (χ1n) is 28.0. The monoisotopic (exact) mass is 876 g/mol. The highest BCUT2D eigenvalue weighted by molar-refractivity contribution is 4.94. The zero-order chi connectivity index (χ0) is 45.4. The van der Waals surface area contributed by atoms with E-state index in [2.05, 4.69) is 113 Å². The summed E-state index contributed by atoms with van der Waals surface area (Å²) in [5.41, 5.74) is 0. The average molecular weight is 877 g/mol. The summed E-state index contributed by atoms with van der Waals surface area (Å²) in [6.07, 6.45) is 77.9. The molecule has 1 saturated heterocycles. The van der Waals surface area contributed by atoms with Crippen molar-refractivity contribution in [3.05, 3.63) is 72.9 Å². The van der Waals surface area contributed by atoms with Gasteiger partial charge < -0.3 is 14.4 Å². The molecule has 0 spiro atoms. The molecule has 0 saturated carbocycles. The van der Waals surface area contributed by atoms with Gasteiger partial charge in [0, 0.05) is 18.9 Å². The van der Waals surface area contributed by atoms with Crippen molar-refractivity contribution in [3.63, 3.8) is 0 Å². The summed E-state index contributed by atoms with van der Waals surface area (Å²) in [7, 11) is 4.36. The normalized spacial score (nSPS) is 18.8. The second-order valence-corrected chi connectivity index (χ2v) is 19.4. The molecule has 0 aromatic heterocycles. The van der Waals surface area contributed by atoms with Crippen molar-refractivity contribution < 1.29 is 9.47 Å². The van der Waals surface area contributed by atoms with Crippen molar-refractivity contribution in [1.29, 1.82) is 0 Å². The average Bonchev–Trinajstić information content (AvgIpc) is 3.28. The van der Waals surface area contributed by atoms with E-state index >= 15 is 0 Å². The topological polar surface area (TPSA) is 21.7 Å². The summed E-state index contributed by atoms with van der Waals surface area (Å²) in [5, 5.41) is 0. The molecule has 366 valence electrons. The van der Waals surface area contributed by atoms with Crippen LogP contribution >= 0.6 is 0 Å². The molecule has 0 aromatic rings. The predicted octanol–water partition coefficient (Wildman–Crippen LogP) is 19.5.